The zero-order valence-corrected chi connectivity index (χ0v) is 11.7. The summed E-state index contributed by atoms with van der Waals surface area (Å²) in [6.07, 6.45) is 3.85. The molecule has 0 aromatic heterocycles. The third-order valence-electron chi connectivity index (χ3n) is 3.61. The van der Waals surface area contributed by atoms with Crippen LogP contribution in [0, 0.1) is 5.82 Å². The van der Waals surface area contributed by atoms with E-state index in [9.17, 15) is 9.50 Å². The van der Waals surface area contributed by atoms with E-state index in [2.05, 4.69) is 9.89 Å². The van der Waals surface area contributed by atoms with Crippen LogP contribution in [0.15, 0.2) is 47.5 Å². The molecular weight excluding hydrogens is 267 g/mol. The van der Waals surface area contributed by atoms with Crippen LogP contribution >= 0.6 is 0 Å². The Hall–Kier alpha value is -2.36. The van der Waals surface area contributed by atoms with E-state index in [-0.39, 0.29) is 11.6 Å². The number of anilines is 1. The molecule has 4 heteroatoms. The van der Waals surface area contributed by atoms with Crippen molar-refractivity contribution in [3.8, 4) is 5.75 Å². The molecule has 2 aromatic rings. The predicted molar refractivity (Wildman–Crippen MR) is 83.2 cm³/mol. The van der Waals surface area contributed by atoms with Crippen LogP contribution in [0.5, 0.6) is 5.75 Å². The molecule has 1 saturated heterocycles. The van der Waals surface area contributed by atoms with Gasteiger partial charge in [0.1, 0.15) is 11.6 Å². The van der Waals surface area contributed by atoms with E-state index in [1.54, 1.807) is 30.5 Å². The molecule has 0 amide bonds. The number of hydrogen-bond acceptors (Lipinski definition) is 3. The average molecular weight is 284 g/mol. The molecule has 0 unspecified atom stereocenters. The minimum atomic E-state index is -0.211. The summed E-state index contributed by atoms with van der Waals surface area (Å²) in [6, 6.07) is 11.8. The molecule has 1 N–H and O–H groups in total. The van der Waals surface area contributed by atoms with E-state index < -0.39 is 0 Å². The summed E-state index contributed by atoms with van der Waals surface area (Å²) < 4.78 is 14.1. The Bertz CT molecular complexity index is 664. The molecule has 0 spiro atoms. The molecule has 0 aliphatic carbocycles. The lowest BCUT2D eigenvalue weighted by molar-refractivity contribution is 0.475. The second-order valence-electron chi connectivity index (χ2n) is 5.18. The summed E-state index contributed by atoms with van der Waals surface area (Å²) in [5.41, 5.74) is 2.01. The van der Waals surface area contributed by atoms with E-state index in [4.69, 9.17) is 0 Å². The molecule has 3 nitrogen and oxygen atoms in total. The first-order valence-corrected chi connectivity index (χ1v) is 7.10. The summed E-state index contributed by atoms with van der Waals surface area (Å²) in [6.45, 7) is 1.85. The number of aromatic hydroxyl groups is 1. The fraction of sp³-hybridized carbons (Fsp3) is 0.235. The van der Waals surface area contributed by atoms with Crippen molar-refractivity contribution in [1.29, 1.82) is 0 Å². The summed E-state index contributed by atoms with van der Waals surface area (Å²) in [5, 5.41) is 9.37. The van der Waals surface area contributed by atoms with E-state index >= 15 is 0 Å². The number of hydrogen-bond donors (Lipinski definition) is 1. The Morgan fingerprint density at radius 1 is 1.10 bits per heavy atom. The van der Waals surface area contributed by atoms with Gasteiger partial charge in [0.15, 0.2) is 0 Å². The molecule has 2 aromatic carbocycles. The van der Waals surface area contributed by atoms with Gasteiger partial charge >= 0.3 is 0 Å². The van der Waals surface area contributed by atoms with E-state index in [1.807, 2.05) is 12.1 Å². The maximum atomic E-state index is 14.1. The van der Waals surface area contributed by atoms with Gasteiger partial charge in [0.2, 0.25) is 0 Å². The first-order chi connectivity index (χ1) is 10.2. The van der Waals surface area contributed by atoms with Crippen molar-refractivity contribution >= 4 is 17.6 Å². The van der Waals surface area contributed by atoms with Crippen LogP contribution in [0.1, 0.15) is 18.4 Å². The van der Waals surface area contributed by atoms with Crippen LogP contribution in [-0.2, 0) is 0 Å². The topological polar surface area (TPSA) is 35.8 Å². The van der Waals surface area contributed by atoms with Crippen LogP contribution in [0.2, 0.25) is 0 Å². The molecule has 3 rings (SSSR count). The first kappa shape index (κ1) is 13.6. The van der Waals surface area contributed by atoms with Crippen LogP contribution < -0.4 is 4.90 Å². The molecule has 0 bridgehead atoms. The molecule has 0 saturated carbocycles. The minimum Gasteiger partial charge on any atom is -0.508 e. The maximum Gasteiger partial charge on any atom is 0.147 e. The SMILES string of the molecule is Oc1cccc(N=Cc2ccc(N3CCCC3)c(F)c2)c1. The highest BCUT2D eigenvalue weighted by molar-refractivity contribution is 5.82. The standard InChI is InChI=1S/C17H17FN2O/c18-16-10-13(6-7-17(16)20-8-1-2-9-20)12-19-14-4-3-5-15(21)11-14/h3-7,10-12,21H,1-2,8-9H2. The lowest BCUT2D eigenvalue weighted by Gasteiger charge is -2.18. The lowest BCUT2D eigenvalue weighted by atomic mass is 10.2. The molecule has 0 radical (unpaired) electrons. The van der Waals surface area contributed by atoms with Crippen molar-refractivity contribution in [1.82, 2.24) is 0 Å². The number of benzene rings is 2. The third kappa shape index (κ3) is 3.21. The fourth-order valence-corrected chi connectivity index (χ4v) is 2.54. The van der Waals surface area contributed by atoms with Gasteiger partial charge < -0.3 is 10.0 Å². The molecule has 21 heavy (non-hydrogen) atoms. The largest absolute Gasteiger partial charge is 0.508 e. The number of phenols is 1. The molecular formula is C17H17FN2O. The van der Waals surface area contributed by atoms with Gasteiger partial charge in [0.05, 0.1) is 11.4 Å². The van der Waals surface area contributed by atoms with Crippen LogP contribution in [0.3, 0.4) is 0 Å². The molecule has 0 atom stereocenters. The normalized spacial score (nSPS) is 15.0. The fourth-order valence-electron chi connectivity index (χ4n) is 2.54. The van der Waals surface area contributed by atoms with E-state index in [0.717, 1.165) is 25.9 Å². The second kappa shape index (κ2) is 5.95. The minimum absolute atomic E-state index is 0.167. The molecule has 108 valence electrons. The van der Waals surface area contributed by atoms with Gasteiger partial charge in [-0.05, 0) is 42.7 Å². The summed E-state index contributed by atoms with van der Waals surface area (Å²) in [5.74, 6) is -0.0445. The molecule has 1 aliphatic heterocycles. The van der Waals surface area contributed by atoms with Crippen molar-refractivity contribution in [2.75, 3.05) is 18.0 Å². The predicted octanol–water partition coefficient (Wildman–Crippen LogP) is 3.88. The number of rotatable bonds is 3. The maximum absolute atomic E-state index is 14.1. The smallest absolute Gasteiger partial charge is 0.147 e. The molecule has 1 heterocycles. The van der Waals surface area contributed by atoms with Crippen molar-refractivity contribution in [2.45, 2.75) is 12.8 Å². The van der Waals surface area contributed by atoms with Gasteiger partial charge in [-0.1, -0.05) is 12.1 Å². The summed E-state index contributed by atoms with van der Waals surface area (Å²) in [4.78, 5) is 6.32. The Labute approximate surface area is 123 Å². The summed E-state index contributed by atoms with van der Waals surface area (Å²) >= 11 is 0. The quantitative estimate of drug-likeness (QED) is 0.868. The highest BCUT2D eigenvalue weighted by Crippen LogP contribution is 2.24. The Kier molecular flexibility index (Phi) is 3.86. The van der Waals surface area contributed by atoms with E-state index in [0.29, 0.717) is 16.9 Å². The zero-order chi connectivity index (χ0) is 14.7. The Balaban J connectivity index is 1.78. The van der Waals surface area contributed by atoms with Crippen molar-refractivity contribution < 1.29 is 9.50 Å². The molecule has 1 fully saturated rings. The van der Waals surface area contributed by atoms with Gasteiger partial charge in [0, 0.05) is 25.4 Å². The van der Waals surface area contributed by atoms with E-state index in [1.165, 1.54) is 6.07 Å². The third-order valence-corrected chi connectivity index (χ3v) is 3.61. The zero-order valence-electron chi connectivity index (χ0n) is 11.7. The van der Waals surface area contributed by atoms with Crippen LogP contribution in [-0.4, -0.2) is 24.4 Å². The van der Waals surface area contributed by atoms with Gasteiger partial charge in [-0.25, -0.2) is 4.39 Å². The number of nitrogens with zero attached hydrogens (tertiary/aromatic N) is 2. The Morgan fingerprint density at radius 2 is 1.90 bits per heavy atom. The van der Waals surface area contributed by atoms with Gasteiger partial charge in [0.25, 0.3) is 0 Å². The lowest BCUT2D eigenvalue weighted by Crippen LogP contribution is -2.18. The highest BCUT2D eigenvalue weighted by Gasteiger charge is 2.15. The van der Waals surface area contributed by atoms with Gasteiger partial charge in [-0.3, -0.25) is 4.99 Å². The monoisotopic (exact) mass is 284 g/mol. The first-order valence-electron chi connectivity index (χ1n) is 7.10. The highest BCUT2D eigenvalue weighted by atomic mass is 19.1. The van der Waals surface area contributed by atoms with Crippen LogP contribution in [0.4, 0.5) is 15.8 Å². The van der Waals surface area contributed by atoms with Crippen LogP contribution in [0.25, 0.3) is 0 Å². The summed E-state index contributed by atoms with van der Waals surface area (Å²) in [7, 11) is 0. The van der Waals surface area contributed by atoms with Crippen molar-refractivity contribution in [2.24, 2.45) is 4.99 Å². The van der Waals surface area contributed by atoms with Gasteiger partial charge in [-0.15, -0.1) is 0 Å². The molecule has 1 aliphatic rings. The van der Waals surface area contributed by atoms with Crippen molar-refractivity contribution in [3.05, 3.63) is 53.8 Å². The Morgan fingerprint density at radius 3 is 2.62 bits per heavy atom. The number of aliphatic imine (C=N–C) groups is 1. The van der Waals surface area contributed by atoms with Gasteiger partial charge in [-0.2, -0.15) is 0 Å². The number of phenolic OH excluding ortho intramolecular Hbond substituents is 1. The average Bonchev–Trinajstić information content (AvgIpc) is 2.99. The number of halogens is 1. The second-order valence-corrected chi connectivity index (χ2v) is 5.18. The van der Waals surface area contributed by atoms with Crippen molar-refractivity contribution in [3.63, 3.8) is 0 Å².